The summed E-state index contributed by atoms with van der Waals surface area (Å²) in [5.74, 6) is 3.56. The zero-order valence-corrected chi connectivity index (χ0v) is 20.0. The molecule has 0 aliphatic carbocycles. The summed E-state index contributed by atoms with van der Waals surface area (Å²) in [6.45, 7) is 6.12. The summed E-state index contributed by atoms with van der Waals surface area (Å²) in [5, 5.41) is 6.80. The Kier molecular flexibility index (Phi) is 12.9. The number of methoxy groups -OCH3 is 2. The highest BCUT2D eigenvalue weighted by molar-refractivity contribution is 14.0. The van der Waals surface area contributed by atoms with Crippen molar-refractivity contribution in [1.82, 2.24) is 10.6 Å². The average molecular weight is 495 g/mol. The molecule has 0 bridgehead atoms. The van der Waals surface area contributed by atoms with Crippen LogP contribution in [0.1, 0.15) is 32.3 Å². The molecule has 0 heterocycles. The third kappa shape index (κ3) is 8.24. The van der Waals surface area contributed by atoms with Gasteiger partial charge in [0, 0.05) is 25.6 Å². The molecule has 5 nitrogen and oxygen atoms in total. The van der Waals surface area contributed by atoms with Crippen LogP contribution in [0.25, 0.3) is 0 Å². The lowest BCUT2D eigenvalue weighted by Crippen LogP contribution is -2.43. The van der Waals surface area contributed by atoms with Crippen LogP contribution in [0, 0.1) is 0 Å². The number of nitrogens with one attached hydrogen (secondary N) is 2. The van der Waals surface area contributed by atoms with Crippen LogP contribution < -0.4 is 20.1 Å². The fraction of sp³-hybridized carbons (Fsp3) is 0.632. The van der Waals surface area contributed by atoms with E-state index in [4.69, 9.17) is 9.47 Å². The minimum absolute atomic E-state index is 0. The van der Waals surface area contributed by atoms with E-state index in [2.05, 4.69) is 41.8 Å². The summed E-state index contributed by atoms with van der Waals surface area (Å²) in [6, 6.07) is 6.08. The molecule has 1 aromatic carbocycles. The van der Waals surface area contributed by atoms with Gasteiger partial charge in [0.05, 0.1) is 14.2 Å². The second kappa shape index (κ2) is 13.4. The number of thioether (sulfide) groups is 1. The molecule has 0 saturated carbocycles. The average Bonchev–Trinajstić information content (AvgIpc) is 2.63. The molecular formula is C19H34IN3O2S. The van der Waals surface area contributed by atoms with Gasteiger partial charge in [0.2, 0.25) is 0 Å². The van der Waals surface area contributed by atoms with Crippen molar-refractivity contribution in [3.8, 4) is 11.5 Å². The minimum Gasteiger partial charge on any atom is -0.493 e. The molecule has 2 N–H and O–H groups in total. The Bertz CT molecular complexity index is 554. The molecule has 0 saturated heterocycles. The predicted molar refractivity (Wildman–Crippen MR) is 125 cm³/mol. The van der Waals surface area contributed by atoms with Gasteiger partial charge in [-0.1, -0.05) is 19.9 Å². The third-order valence-electron chi connectivity index (χ3n) is 4.15. The lowest BCUT2D eigenvalue weighted by atomic mass is 9.84. The number of halogens is 1. The van der Waals surface area contributed by atoms with Gasteiger partial charge >= 0.3 is 0 Å². The topological polar surface area (TPSA) is 54.9 Å². The van der Waals surface area contributed by atoms with E-state index in [0.717, 1.165) is 37.0 Å². The number of ether oxygens (including phenoxy) is 2. The van der Waals surface area contributed by atoms with Crippen LogP contribution in [0.5, 0.6) is 11.5 Å². The van der Waals surface area contributed by atoms with Gasteiger partial charge in [-0.15, -0.1) is 24.0 Å². The molecule has 0 atom stereocenters. The Labute approximate surface area is 180 Å². The molecule has 0 fully saturated rings. The summed E-state index contributed by atoms with van der Waals surface area (Å²) >= 11 is 1.89. The second-order valence-corrected chi connectivity index (χ2v) is 7.49. The summed E-state index contributed by atoms with van der Waals surface area (Å²) in [4.78, 5) is 4.31. The molecule has 0 aromatic heterocycles. The van der Waals surface area contributed by atoms with E-state index in [9.17, 15) is 0 Å². The molecule has 0 amide bonds. The van der Waals surface area contributed by atoms with Crippen LogP contribution in [0.3, 0.4) is 0 Å². The van der Waals surface area contributed by atoms with Crippen LogP contribution in [0.2, 0.25) is 0 Å². The van der Waals surface area contributed by atoms with Crippen molar-refractivity contribution in [3.05, 3.63) is 23.8 Å². The zero-order chi connectivity index (χ0) is 18.7. The molecule has 0 spiro atoms. The zero-order valence-electron chi connectivity index (χ0n) is 16.8. The number of nitrogens with zero attached hydrogens (tertiary/aromatic N) is 1. The fourth-order valence-electron chi connectivity index (χ4n) is 2.46. The van der Waals surface area contributed by atoms with Crippen LogP contribution in [0.15, 0.2) is 23.2 Å². The monoisotopic (exact) mass is 495 g/mol. The molecule has 0 aliphatic heterocycles. The van der Waals surface area contributed by atoms with Gasteiger partial charge in [-0.05, 0) is 42.5 Å². The van der Waals surface area contributed by atoms with E-state index in [1.54, 1.807) is 21.3 Å². The summed E-state index contributed by atoms with van der Waals surface area (Å²) < 4.78 is 10.7. The Morgan fingerprint density at radius 1 is 1.12 bits per heavy atom. The molecule has 26 heavy (non-hydrogen) atoms. The van der Waals surface area contributed by atoms with Gasteiger partial charge in [0.1, 0.15) is 0 Å². The van der Waals surface area contributed by atoms with Gasteiger partial charge in [0.25, 0.3) is 0 Å². The molecular weight excluding hydrogens is 461 g/mol. The van der Waals surface area contributed by atoms with Crippen molar-refractivity contribution < 1.29 is 9.47 Å². The number of benzene rings is 1. The van der Waals surface area contributed by atoms with Gasteiger partial charge in [-0.2, -0.15) is 11.8 Å². The maximum absolute atomic E-state index is 5.42. The van der Waals surface area contributed by atoms with Gasteiger partial charge in [0.15, 0.2) is 17.5 Å². The third-order valence-corrected chi connectivity index (χ3v) is 4.85. The Morgan fingerprint density at radius 3 is 2.38 bits per heavy atom. The lowest BCUT2D eigenvalue weighted by molar-refractivity contribution is 0.353. The van der Waals surface area contributed by atoms with E-state index >= 15 is 0 Å². The molecule has 1 aromatic rings. The van der Waals surface area contributed by atoms with Crippen LogP contribution in [-0.2, 0) is 5.41 Å². The first kappa shape index (κ1) is 25.2. The highest BCUT2D eigenvalue weighted by Gasteiger charge is 2.22. The predicted octanol–water partition coefficient (Wildman–Crippen LogP) is 3.91. The highest BCUT2D eigenvalue weighted by Crippen LogP contribution is 2.32. The number of aliphatic imine (C=N–C) groups is 1. The van der Waals surface area contributed by atoms with E-state index in [0.29, 0.717) is 0 Å². The highest BCUT2D eigenvalue weighted by atomic mass is 127. The Hall–Kier alpha value is -0.830. The molecule has 1 rings (SSSR count). The SMILES string of the molecule is CN=C(NCCCCSC)NCC(C)(C)c1ccc(OC)c(OC)c1.I. The van der Waals surface area contributed by atoms with E-state index in [1.165, 1.54) is 17.7 Å². The first-order chi connectivity index (χ1) is 12.0. The number of hydrogen-bond donors (Lipinski definition) is 2. The van der Waals surface area contributed by atoms with Gasteiger partial charge < -0.3 is 20.1 Å². The van der Waals surface area contributed by atoms with Crippen LogP contribution in [0.4, 0.5) is 0 Å². The number of rotatable bonds is 10. The van der Waals surface area contributed by atoms with Gasteiger partial charge in [-0.3, -0.25) is 4.99 Å². The maximum Gasteiger partial charge on any atom is 0.191 e. The van der Waals surface area contributed by atoms with Crippen molar-refractivity contribution >= 4 is 41.7 Å². The first-order valence-corrected chi connectivity index (χ1v) is 10.0. The largest absolute Gasteiger partial charge is 0.493 e. The van der Waals surface area contributed by atoms with E-state index < -0.39 is 0 Å². The van der Waals surface area contributed by atoms with Crippen molar-refractivity contribution in [2.45, 2.75) is 32.1 Å². The summed E-state index contributed by atoms with van der Waals surface area (Å²) in [5.41, 5.74) is 1.11. The molecule has 0 aliphatic rings. The number of hydrogen-bond acceptors (Lipinski definition) is 4. The Morgan fingerprint density at radius 2 is 1.81 bits per heavy atom. The standard InChI is InChI=1S/C19H33N3O2S.HI/c1-19(2,15-9-10-16(23-4)17(13-15)24-5)14-22-18(20-3)21-11-7-8-12-25-6;/h9-10,13H,7-8,11-12,14H2,1-6H3,(H2,20,21,22);1H. The van der Waals surface area contributed by atoms with E-state index in [-0.39, 0.29) is 29.4 Å². The fourth-order valence-corrected chi connectivity index (χ4v) is 2.96. The lowest BCUT2D eigenvalue weighted by Gasteiger charge is -2.27. The molecule has 0 radical (unpaired) electrons. The van der Waals surface area contributed by atoms with Crippen LogP contribution >= 0.6 is 35.7 Å². The number of unbranched alkanes of at least 4 members (excludes halogenated alkanes) is 1. The normalized spacial score (nSPS) is 11.5. The van der Waals surface area contributed by atoms with Crippen molar-refractivity contribution in [2.24, 2.45) is 4.99 Å². The maximum atomic E-state index is 5.42. The second-order valence-electron chi connectivity index (χ2n) is 6.51. The van der Waals surface area contributed by atoms with Crippen molar-refractivity contribution in [1.29, 1.82) is 0 Å². The Balaban J connectivity index is 0.00000625. The number of guanidine groups is 1. The molecule has 0 unspecified atom stereocenters. The quantitative estimate of drug-likeness (QED) is 0.223. The smallest absolute Gasteiger partial charge is 0.191 e. The summed E-state index contributed by atoms with van der Waals surface area (Å²) in [7, 11) is 5.12. The van der Waals surface area contributed by atoms with Crippen molar-refractivity contribution in [2.75, 3.05) is 46.4 Å². The van der Waals surface area contributed by atoms with Gasteiger partial charge in [-0.25, -0.2) is 0 Å². The van der Waals surface area contributed by atoms with Crippen molar-refractivity contribution in [3.63, 3.8) is 0 Å². The minimum atomic E-state index is -0.0734. The van der Waals surface area contributed by atoms with Crippen LogP contribution in [-0.4, -0.2) is 52.3 Å². The molecule has 150 valence electrons. The summed E-state index contributed by atoms with van der Waals surface area (Å²) in [6.07, 6.45) is 4.52. The van der Waals surface area contributed by atoms with E-state index in [1.807, 2.05) is 23.9 Å². The molecule has 7 heteroatoms. The first-order valence-electron chi connectivity index (χ1n) is 8.64.